The van der Waals surface area contributed by atoms with E-state index in [1.54, 1.807) is 24.4 Å². The first-order valence-corrected chi connectivity index (χ1v) is 9.22. The summed E-state index contributed by atoms with van der Waals surface area (Å²) in [6, 6.07) is 15.4. The van der Waals surface area contributed by atoms with Gasteiger partial charge in [-0.25, -0.2) is 13.8 Å². The molecule has 0 saturated carbocycles. The van der Waals surface area contributed by atoms with Gasteiger partial charge in [0.25, 0.3) is 5.91 Å². The number of nitrogens with one attached hydrogen (secondary N) is 1. The Morgan fingerprint density at radius 2 is 1.86 bits per heavy atom. The van der Waals surface area contributed by atoms with Crippen molar-refractivity contribution in [3.8, 4) is 22.0 Å². The van der Waals surface area contributed by atoms with Gasteiger partial charge in [-0.1, -0.05) is 18.2 Å². The highest BCUT2D eigenvalue weighted by atomic mass is 32.1. The van der Waals surface area contributed by atoms with E-state index in [0.717, 1.165) is 40.2 Å². The van der Waals surface area contributed by atoms with Crippen molar-refractivity contribution in [3.05, 3.63) is 89.4 Å². The predicted octanol–water partition coefficient (Wildman–Crippen LogP) is 5.40. The van der Waals surface area contributed by atoms with Gasteiger partial charge in [0, 0.05) is 22.8 Å². The molecule has 0 unspecified atom stereocenters. The smallest absolute Gasteiger partial charge is 0.258 e. The van der Waals surface area contributed by atoms with Gasteiger partial charge in [-0.15, -0.1) is 11.3 Å². The largest absolute Gasteiger partial charge is 0.322 e. The third kappa shape index (κ3) is 3.79. The minimum absolute atomic E-state index is 0.350. The molecule has 4 nitrogen and oxygen atoms in total. The number of carbonyl (C=O) groups excluding carboxylic acids is 1. The van der Waals surface area contributed by atoms with Crippen LogP contribution in [0.15, 0.2) is 72.2 Å². The number of halogens is 2. The summed E-state index contributed by atoms with van der Waals surface area (Å²) in [4.78, 5) is 21.2. The summed E-state index contributed by atoms with van der Waals surface area (Å²) in [5.74, 6) is -2.18. The summed E-state index contributed by atoms with van der Waals surface area (Å²) in [5.41, 5.74) is 2.41. The fraction of sp³-hybridized carbons (Fsp3) is 0. The Kier molecular flexibility index (Phi) is 4.90. The fourth-order valence-electron chi connectivity index (χ4n) is 2.64. The molecule has 4 rings (SSSR count). The summed E-state index contributed by atoms with van der Waals surface area (Å²) >= 11 is 1.47. The highest BCUT2D eigenvalue weighted by Gasteiger charge is 2.14. The van der Waals surface area contributed by atoms with Crippen LogP contribution in [0.3, 0.4) is 0 Å². The lowest BCUT2D eigenvalue weighted by Crippen LogP contribution is -2.14. The van der Waals surface area contributed by atoms with Crippen LogP contribution in [0.1, 0.15) is 10.4 Å². The van der Waals surface area contributed by atoms with Crippen molar-refractivity contribution in [1.82, 2.24) is 9.97 Å². The first kappa shape index (κ1) is 17.9. The molecule has 2 aromatic heterocycles. The minimum atomic E-state index is -0.783. The quantitative estimate of drug-likeness (QED) is 0.505. The van der Waals surface area contributed by atoms with Crippen molar-refractivity contribution >= 4 is 22.9 Å². The Morgan fingerprint density at radius 1 is 0.964 bits per heavy atom. The van der Waals surface area contributed by atoms with Gasteiger partial charge in [0.05, 0.1) is 17.0 Å². The molecule has 0 spiro atoms. The first-order chi connectivity index (χ1) is 13.6. The van der Waals surface area contributed by atoms with Gasteiger partial charge in [0.15, 0.2) is 0 Å². The lowest BCUT2D eigenvalue weighted by atomic mass is 10.1. The third-order valence-electron chi connectivity index (χ3n) is 3.98. The number of benzene rings is 2. The molecule has 0 saturated heterocycles. The molecule has 4 aromatic rings. The Morgan fingerprint density at radius 3 is 2.68 bits per heavy atom. The molecular weight excluding hydrogens is 380 g/mol. The summed E-state index contributed by atoms with van der Waals surface area (Å²) < 4.78 is 27.1. The van der Waals surface area contributed by atoms with Gasteiger partial charge in [0.1, 0.15) is 16.6 Å². The van der Waals surface area contributed by atoms with Crippen LogP contribution >= 0.6 is 11.3 Å². The van der Waals surface area contributed by atoms with E-state index in [0.29, 0.717) is 5.69 Å². The number of nitrogens with zero attached hydrogens (tertiary/aromatic N) is 2. The van der Waals surface area contributed by atoms with Crippen molar-refractivity contribution in [2.24, 2.45) is 0 Å². The number of thiazole rings is 1. The van der Waals surface area contributed by atoms with Crippen molar-refractivity contribution in [3.63, 3.8) is 0 Å². The van der Waals surface area contributed by atoms with Crippen LogP contribution in [0.2, 0.25) is 0 Å². The first-order valence-electron chi connectivity index (χ1n) is 8.34. The number of rotatable bonds is 4. The van der Waals surface area contributed by atoms with Gasteiger partial charge in [0.2, 0.25) is 0 Å². The second kappa shape index (κ2) is 7.66. The van der Waals surface area contributed by atoms with E-state index in [4.69, 9.17) is 0 Å². The number of aromatic nitrogens is 2. The van der Waals surface area contributed by atoms with Crippen LogP contribution in [0.4, 0.5) is 14.5 Å². The van der Waals surface area contributed by atoms with E-state index >= 15 is 0 Å². The number of pyridine rings is 1. The SMILES string of the molecule is O=C(Nc1cccc(-c2csc(-c3ccccn3)n2)c1)c1cc(F)ccc1F. The second-order valence-corrected chi connectivity index (χ2v) is 6.77. The zero-order chi connectivity index (χ0) is 19.5. The Bertz CT molecular complexity index is 1150. The van der Waals surface area contributed by atoms with Gasteiger partial charge >= 0.3 is 0 Å². The maximum Gasteiger partial charge on any atom is 0.258 e. The molecular formula is C21H13F2N3OS. The molecule has 0 aliphatic rings. The number of hydrogen-bond donors (Lipinski definition) is 1. The second-order valence-electron chi connectivity index (χ2n) is 5.91. The highest BCUT2D eigenvalue weighted by Crippen LogP contribution is 2.29. The number of anilines is 1. The van der Waals surface area contributed by atoms with Gasteiger partial charge < -0.3 is 5.32 Å². The van der Waals surface area contributed by atoms with Crippen LogP contribution < -0.4 is 5.32 Å². The minimum Gasteiger partial charge on any atom is -0.322 e. The fourth-order valence-corrected chi connectivity index (χ4v) is 3.44. The van der Waals surface area contributed by atoms with Crippen LogP contribution in [-0.2, 0) is 0 Å². The Balaban J connectivity index is 1.58. The lowest BCUT2D eigenvalue weighted by molar-refractivity contribution is 0.102. The molecule has 1 N–H and O–H groups in total. The van der Waals surface area contributed by atoms with Crippen LogP contribution in [-0.4, -0.2) is 15.9 Å². The van der Waals surface area contributed by atoms with Crippen molar-refractivity contribution in [2.75, 3.05) is 5.32 Å². The van der Waals surface area contributed by atoms with Crippen LogP contribution in [0.5, 0.6) is 0 Å². The molecule has 7 heteroatoms. The van der Waals surface area contributed by atoms with E-state index in [2.05, 4.69) is 15.3 Å². The molecule has 0 aliphatic heterocycles. The van der Waals surface area contributed by atoms with Crippen LogP contribution in [0.25, 0.3) is 22.0 Å². The van der Waals surface area contributed by atoms with Gasteiger partial charge in [-0.2, -0.15) is 0 Å². The highest BCUT2D eigenvalue weighted by molar-refractivity contribution is 7.13. The molecule has 0 fully saturated rings. The van der Waals surface area contributed by atoms with Crippen LogP contribution in [0, 0.1) is 11.6 Å². The molecule has 0 radical (unpaired) electrons. The molecule has 2 heterocycles. The standard InChI is InChI=1S/C21H13F2N3OS/c22-14-7-8-17(23)16(11-14)20(27)25-15-5-3-4-13(10-15)19-12-28-21(26-19)18-6-1-2-9-24-18/h1-12H,(H,25,27). The monoisotopic (exact) mass is 393 g/mol. The Hall–Kier alpha value is -3.45. The maximum atomic E-state index is 13.8. The number of carbonyl (C=O) groups is 1. The third-order valence-corrected chi connectivity index (χ3v) is 4.84. The average molecular weight is 393 g/mol. The molecule has 0 aliphatic carbocycles. The zero-order valence-electron chi connectivity index (χ0n) is 14.4. The predicted molar refractivity (Wildman–Crippen MR) is 105 cm³/mol. The van der Waals surface area contributed by atoms with Crippen molar-refractivity contribution < 1.29 is 13.6 Å². The topological polar surface area (TPSA) is 54.9 Å². The van der Waals surface area contributed by atoms with Gasteiger partial charge in [-0.3, -0.25) is 9.78 Å². The van der Waals surface area contributed by atoms with Crippen molar-refractivity contribution in [1.29, 1.82) is 0 Å². The average Bonchev–Trinajstić information content (AvgIpc) is 3.21. The molecule has 138 valence electrons. The van der Waals surface area contributed by atoms with E-state index in [1.807, 2.05) is 29.6 Å². The molecule has 1 amide bonds. The zero-order valence-corrected chi connectivity index (χ0v) is 15.2. The number of amides is 1. The maximum absolute atomic E-state index is 13.8. The van der Waals surface area contributed by atoms with E-state index < -0.39 is 17.5 Å². The molecule has 28 heavy (non-hydrogen) atoms. The Labute approximate surface area is 163 Å². The summed E-state index contributed by atoms with van der Waals surface area (Å²) in [7, 11) is 0. The van der Waals surface area contributed by atoms with E-state index in [9.17, 15) is 13.6 Å². The van der Waals surface area contributed by atoms with E-state index in [-0.39, 0.29) is 5.56 Å². The molecule has 0 bridgehead atoms. The lowest BCUT2D eigenvalue weighted by Gasteiger charge is -2.07. The van der Waals surface area contributed by atoms with E-state index in [1.165, 1.54) is 11.3 Å². The summed E-state index contributed by atoms with van der Waals surface area (Å²) in [6.07, 6.45) is 1.71. The summed E-state index contributed by atoms with van der Waals surface area (Å²) in [5, 5.41) is 5.28. The normalized spacial score (nSPS) is 10.6. The molecule has 0 atom stereocenters. The summed E-state index contributed by atoms with van der Waals surface area (Å²) in [6.45, 7) is 0. The molecule has 2 aromatic carbocycles. The van der Waals surface area contributed by atoms with Gasteiger partial charge in [-0.05, 0) is 42.5 Å². The number of hydrogen-bond acceptors (Lipinski definition) is 4. The van der Waals surface area contributed by atoms with Crippen molar-refractivity contribution in [2.45, 2.75) is 0 Å².